The fourth-order valence-corrected chi connectivity index (χ4v) is 2.25. The molecule has 3 N–H and O–H groups in total. The molecule has 24 heavy (non-hydrogen) atoms. The molecule has 1 aliphatic rings. The molecule has 0 saturated heterocycles. The van der Waals surface area contributed by atoms with Gasteiger partial charge in [0.25, 0.3) is 0 Å². The van der Waals surface area contributed by atoms with Crippen LogP contribution >= 0.6 is 0 Å². The van der Waals surface area contributed by atoms with Crippen LogP contribution in [0.3, 0.4) is 0 Å². The topological polar surface area (TPSA) is 84.5 Å². The molecule has 0 fully saturated rings. The molecule has 7 nitrogen and oxygen atoms in total. The second-order valence-electron chi connectivity index (χ2n) is 5.73. The Balaban J connectivity index is 1.53. The number of urea groups is 1. The Kier molecular flexibility index (Phi) is 4.69. The van der Waals surface area contributed by atoms with Gasteiger partial charge in [-0.2, -0.15) is 0 Å². The maximum Gasteiger partial charge on any atom is 0.319 e. The fourth-order valence-electron chi connectivity index (χ4n) is 2.25. The second kappa shape index (κ2) is 7.08. The Hall–Kier alpha value is -2.96. The monoisotopic (exact) mass is 328 g/mol. The molecule has 0 bridgehead atoms. The van der Waals surface area contributed by atoms with Crippen LogP contribution in [0.25, 0.3) is 0 Å². The summed E-state index contributed by atoms with van der Waals surface area (Å²) in [4.78, 5) is 15.9. The van der Waals surface area contributed by atoms with Crippen LogP contribution in [-0.2, 0) is 6.54 Å². The van der Waals surface area contributed by atoms with E-state index in [1.165, 1.54) is 0 Å². The molecule has 2 aromatic rings. The minimum absolute atomic E-state index is 0.0839. The summed E-state index contributed by atoms with van der Waals surface area (Å²) in [6.07, 6.45) is 1.61. The summed E-state index contributed by atoms with van der Waals surface area (Å²) in [5.74, 6) is 2.26. The maximum atomic E-state index is 11.6. The molecule has 0 radical (unpaired) electrons. The molecule has 1 aromatic carbocycles. The van der Waals surface area contributed by atoms with Crippen molar-refractivity contribution >= 4 is 17.5 Å². The lowest BCUT2D eigenvalue weighted by molar-refractivity contribution is 0.174. The molecule has 7 heteroatoms. The lowest BCUT2D eigenvalue weighted by Gasteiger charge is -2.11. The number of rotatable bonds is 5. The van der Waals surface area contributed by atoms with Crippen LogP contribution in [0.2, 0.25) is 0 Å². The summed E-state index contributed by atoms with van der Waals surface area (Å²) >= 11 is 0. The highest BCUT2D eigenvalue weighted by atomic mass is 16.7. The number of carbonyl (C=O) groups excluding carboxylic acids is 1. The molecular formula is C17H20N4O3. The van der Waals surface area contributed by atoms with Crippen LogP contribution in [0.4, 0.5) is 16.3 Å². The molecule has 2 amide bonds. The smallest absolute Gasteiger partial charge is 0.319 e. The van der Waals surface area contributed by atoms with Crippen molar-refractivity contribution < 1.29 is 14.3 Å². The number of pyridine rings is 1. The third-order valence-corrected chi connectivity index (χ3v) is 3.35. The van der Waals surface area contributed by atoms with E-state index in [2.05, 4.69) is 20.9 Å². The summed E-state index contributed by atoms with van der Waals surface area (Å²) < 4.78 is 10.6. The van der Waals surface area contributed by atoms with E-state index < -0.39 is 0 Å². The van der Waals surface area contributed by atoms with Crippen molar-refractivity contribution in [3.8, 4) is 11.5 Å². The normalized spacial score (nSPS) is 12.1. The predicted molar refractivity (Wildman–Crippen MR) is 91.4 cm³/mol. The van der Waals surface area contributed by atoms with E-state index in [-0.39, 0.29) is 18.9 Å². The highest BCUT2D eigenvalue weighted by Gasteiger charge is 2.13. The van der Waals surface area contributed by atoms with Crippen molar-refractivity contribution in [2.75, 3.05) is 17.4 Å². The first kappa shape index (κ1) is 15.9. The highest BCUT2D eigenvalue weighted by molar-refractivity contribution is 5.89. The van der Waals surface area contributed by atoms with Crippen molar-refractivity contribution in [3.05, 3.63) is 42.1 Å². The Labute approximate surface area is 140 Å². The number of nitrogens with one attached hydrogen (secondary N) is 3. The van der Waals surface area contributed by atoms with Crippen molar-refractivity contribution in [3.63, 3.8) is 0 Å². The lowest BCUT2D eigenvalue weighted by Crippen LogP contribution is -2.34. The van der Waals surface area contributed by atoms with Gasteiger partial charge in [-0.15, -0.1) is 0 Å². The number of benzene rings is 1. The van der Waals surface area contributed by atoms with E-state index in [0.29, 0.717) is 12.2 Å². The molecule has 0 saturated carbocycles. The SMILES string of the molecule is CC(C)NC(=O)Nc1ccc(NCc2ccc3c(c2)OCO3)nc1. The molecule has 126 valence electrons. The zero-order valence-corrected chi connectivity index (χ0v) is 13.6. The van der Waals surface area contributed by atoms with Gasteiger partial charge in [0.15, 0.2) is 11.5 Å². The molecule has 3 rings (SSSR count). The van der Waals surface area contributed by atoms with E-state index in [4.69, 9.17) is 9.47 Å². The number of ether oxygens (including phenoxy) is 2. The average Bonchev–Trinajstić information content (AvgIpc) is 3.01. The van der Waals surface area contributed by atoms with Gasteiger partial charge in [-0.1, -0.05) is 6.07 Å². The number of fused-ring (bicyclic) bond motifs is 1. The van der Waals surface area contributed by atoms with Crippen LogP contribution in [0, 0.1) is 0 Å². The first-order chi connectivity index (χ1) is 11.6. The molecule has 0 spiro atoms. The highest BCUT2D eigenvalue weighted by Crippen LogP contribution is 2.32. The third-order valence-electron chi connectivity index (χ3n) is 3.35. The van der Waals surface area contributed by atoms with Gasteiger partial charge in [-0.25, -0.2) is 9.78 Å². The van der Waals surface area contributed by atoms with E-state index in [9.17, 15) is 4.79 Å². The minimum atomic E-state index is -0.243. The third kappa shape index (κ3) is 4.07. The van der Waals surface area contributed by atoms with Crippen molar-refractivity contribution in [2.45, 2.75) is 26.4 Å². The average molecular weight is 328 g/mol. The fraction of sp³-hybridized carbons (Fsp3) is 0.294. The molecule has 2 heterocycles. The number of hydrogen-bond donors (Lipinski definition) is 3. The number of anilines is 2. The lowest BCUT2D eigenvalue weighted by atomic mass is 10.2. The van der Waals surface area contributed by atoms with Crippen LogP contribution < -0.4 is 25.4 Å². The Morgan fingerprint density at radius 3 is 2.79 bits per heavy atom. The summed E-state index contributed by atoms with van der Waals surface area (Å²) in [7, 11) is 0. The van der Waals surface area contributed by atoms with Crippen LogP contribution in [0.15, 0.2) is 36.5 Å². The molecule has 1 aliphatic heterocycles. The number of carbonyl (C=O) groups is 1. The molecule has 0 aliphatic carbocycles. The quantitative estimate of drug-likeness (QED) is 0.786. The number of amides is 2. The van der Waals surface area contributed by atoms with Crippen LogP contribution in [-0.4, -0.2) is 23.8 Å². The molecular weight excluding hydrogens is 308 g/mol. The minimum Gasteiger partial charge on any atom is -0.454 e. The van der Waals surface area contributed by atoms with Crippen LogP contribution in [0.5, 0.6) is 11.5 Å². The zero-order chi connectivity index (χ0) is 16.9. The largest absolute Gasteiger partial charge is 0.454 e. The van der Waals surface area contributed by atoms with E-state index in [1.807, 2.05) is 38.1 Å². The van der Waals surface area contributed by atoms with E-state index >= 15 is 0 Å². The molecule has 0 unspecified atom stereocenters. The van der Waals surface area contributed by atoms with Crippen LogP contribution in [0.1, 0.15) is 19.4 Å². The Bertz CT molecular complexity index is 716. The van der Waals surface area contributed by atoms with Gasteiger partial charge in [0.1, 0.15) is 5.82 Å². The summed E-state index contributed by atoms with van der Waals surface area (Å²) in [5.41, 5.74) is 1.71. The number of hydrogen-bond acceptors (Lipinski definition) is 5. The Morgan fingerprint density at radius 2 is 2.04 bits per heavy atom. The zero-order valence-electron chi connectivity index (χ0n) is 13.6. The summed E-state index contributed by atoms with van der Waals surface area (Å²) in [5, 5.41) is 8.72. The second-order valence-corrected chi connectivity index (χ2v) is 5.73. The van der Waals surface area contributed by atoms with Gasteiger partial charge in [-0.05, 0) is 43.7 Å². The van der Waals surface area contributed by atoms with E-state index in [1.54, 1.807) is 12.3 Å². The van der Waals surface area contributed by atoms with E-state index in [0.717, 1.165) is 22.9 Å². The first-order valence-corrected chi connectivity index (χ1v) is 7.76. The van der Waals surface area contributed by atoms with Gasteiger partial charge in [0.2, 0.25) is 6.79 Å². The number of aromatic nitrogens is 1. The van der Waals surface area contributed by atoms with Gasteiger partial charge in [0, 0.05) is 12.6 Å². The van der Waals surface area contributed by atoms with Crippen molar-refractivity contribution in [1.29, 1.82) is 0 Å². The summed E-state index contributed by atoms with van der Waals surface area (Å²) in [6.45, 7) is 4.69. The first-order valence-electron chi connectivity index (χ1n) is 7.76. The van der Waals surface area contributed by atoms with Gasteiger partial charge >= 0.3 is 6.03 Å². The predicted octanol–water partition coefficient (Wildman–Crippen LogP) is 2.95. The van der Waals surface area contributed by atoms with Gasteiger partial charge < -0.3 is 25.4 Å². The molecule has 1 aromatic heterocycles. The van der Waals surface area contributed by atoms with Gasteiger partial charge in [0.05, 0.1) is 11.9 Å². The maximum absolute atomic E-state index is 11.6. The van der Waals surface area contributed by atoms with Gasteiger partial charge in [-0.3, -0.25) is 0 Å². The standard InChI is InChI=1S/C17H20N4O3/c1-11(2)20-17(22)21-13-4-6-16(19-9-13)18-8-12-3-5-14-15(7-12)24-10-23-14/h3-7,9,11H,8,10H2,1-2H3,(H,18,19)(H2,20,21,22). The van der Waals surface area contributed by atoms with Crippen molar-refractivity contribution in [2.24, 2.45) is 0 Å². The number of nitrogens with zero attached hydrogens (tertiary/aromatic N) is 1. The van der Waals surface area contributed by atoms with Crippen molar-refractivity contribution in [1.82, 2.24) is 10.3 Å². The summed E-state index contributed by atoms with van der Waals surface area (Å²) in [6, 6.07) is 9.28. The Morgan fingerprint density at radius 1 is 1.21 bits per heavy atom. The molecule has 0 atom stereocenters.